The molecule has 0 radical (unpaired) electrons. The molecule has 3 nitrogen and oxygen atoms in total. The molecule has 0 saturated carbocycles. The van der Waals surface area contributed by atoms with Gasteiger partial charge in [-0.25, -0.2) is 4.79 Å². The van der Waals surface area contributed by atoms with Gasteiger partial charge in [-0.3, -0.25) is 0 Å². The Morgan fingerprint density at radius 1 is 1.82 bits per heavy atom. The first kappa shape index (κ1) is 7.85. The molecule has 60 valence electrons. The summed E-state index contributed by atoms with van der Waals surface area (Å²) in [4.78, 5) is 10.9. The number of allylic oxidation sites excluding steroid dienone is 1. The monoisotopic (exact) mass is 154 g/mol. The van der Waals surface area contributed by atoms with Crippen molar-refractivity contribution in [1.82, 2.24) is 0 Å². The lowest BCUT2D eigenvalue weighted by Gasteiger charge is -1.97. The minimum absolute atomic E-state index is 0.262. The Kier molecular flexibility index (Phi) is 2.31. The van der Waals surface area contributed by atoms with Crippen molar-refractivity contribution in [3.8, 4) is 0 Å². The second-order valence-corrected chi connectivity index (χ2v) is 2.17. The SMILES string of the molecule is C=CCC1=C(OC)COC1=O. The number of rotatable bonds is 3. The molecule has 0 amide bonds. The zero-order valence-corrected chi connectivity index (χ0v) is 6.42. The molecule has 1 rings (SSSR count). The molecule has 1 aliphatic rings. The highest BCUT2D eigenvalue weighted by molar-refractivity contribution is 5.91. The maximum atomic E-state index is 10.9. The first-order valence-corrected chi connectivity index (χ1v) is 3.33. The second-order valence-electron chi connectivity index (χ2n) is 2.17. The molecule has 0 atom stereocenters. The molecule has 1 heterocycles. The molecular weight excluding hydrogens is 144 g/mol. The summed E-state index contributed by atoms with van der Waals surface area (Å²) < 4.78 is 9.67. The molecule has 0 spiro atoms. The van der Waals surface area contributed by atoms with E-state index >= 15 is 0 Å². The minimum atomic E-state index is -0.290. The molecule has 0 aromatic rings. The highest BCUT2D eigenvalue weighted by Gasteiger charge is 2.23. The Bertz CT molecular complexity index is 215. The van der Waals surface area contributed by atoms with Gasteiger partial charge in [0.25, 0.3) is 0 Å². The summed E-state index contributed by atoms with van der Waals surface area (Å²) >= 11 is 0. The number of esters is 1. The van der Waals surface area contributed by atoms with Crippen LogP contribution in [0.2, 0.25) is 0 Å². The molecule has 0 bridgehead atoms. The van der Waals surface area contributed by atoms with Crippen LogP contribution in [-0.4, -0.2) is 19.7 Å². The molecule has 0 aliphatic carbocycles. The third-order valence-electron chi connectivity index (χ3n) is 1.51. The normalized spacial score (nSPS) is 16.6. The second kappa shape index (κ2) is 3.23. The third-order valence-corrected chi connectivity index (χ3v) is 1.51. The van der Waals surface area contributed by atoms with Crippen molar-refractivity contribution in [2.75, 3.05) is 13.7 Å². The van der Waals surface area contributed by atoms with E-state index in [2.05, 4.69) is 6.58 Å². The van der Waals surface area contributed by atoms with Crippen LogP contribution in [0, 0.1) is 0 Å². The molecule has 3 heteroatoms. The number of hydrogen-bond donors (Lipinski definition) is 0. The van der Waals surface area contributed by atoms with E-state index in [0.29, 0.717) is 17.8 Å². The standard InChI is InChI=1S/C8H10O3/c1-3-4-6-7(10-2)5-11-8(6)9/h3H,1,4-5H2,2H3. The summed E-state index contributed by atoms with van der Waals surface area (Å²) in [5, 5.41) is 0. The van der Waals surface area contributed by atoms with Crippen LogP contribution >= 0.6 is 0 Å². The van der Waals surface area contributed by atoms with E-state index in [1.165, 1.54) is 7.11 Å². The van der Waals surface area contributed by atoms with Gasteiger partial charge in [0.2, 0.25) is 0 Å². The molecule has 0 unspecified atom stereocenters. The highest BCUT2D eigenvalue weighted by atomic mass is 16.6. The minimum Gasteiger partial charge on any atom is -0.497 e. The Labute approximate surface area is 65.3 Å². The van der Waals surface area contributed by atoms with Gasteiger partial charge >= 0.3 is 5.97 Å². The van der Waals surface area contributed by atoms with Gasteiger partial charge in [-0.2, -0.15) is 0 Å². The van der Waals surface area contributed by atoms with Crippen molar-refractivity contribution in [2.24, 2.45) is 0 Å². The molecule has 0 aromatic carbocycles. The Hall–Kier alpha value is -1.25. The van der Waals surface area contributed by atoms with Crippen molar-refractivity contribution in [2.45, 2.75) is 6.42 Å². The van der Waals surface area contributed by atoms with E-state index in [-0.39, 0.29) is 12.6 Å². The molecular formula is C8H10O3. The molecule has 0 N–H and O–H groups in total. The number of methoxy groups -OCH3 is 1. The van der Waals surface area contributed by atoms with Crippen molar-refractivity contribution < 1.29 is 14.3 Å². The van der Waals surface area contributed by atoms with Crippen LogP contribution in [0.15, 0.2) is 24.0 Å². The average molecular weight is 154 g/mol. The highest BCUT2D eigenvalue weighted by Crippen LogP contribution is 2.19. The van der Waals surface area contributed by atoms with Gasteiger partial charge in [-0.05, 0) is 0 Å². The fraction of sp³-hybridized carbons (Fsp3) is 0.375. The quantitative estimate of drug-likeness (QED) is 0.449. The van der Waals surface area contributed by atoms with Crippen molar-refractivity contribution >= 4 is 5.97 Å². The lowest BCUT2D eigenvalue weighted by molar-refractivity contribution is -0.136. The Morgan fingerprint density at radius 3 is 3.09 bits per heavy atom. The summed E-state index contributed by atoms with van der Waals surface area (Å²) in [5.74, 6) is 0.330. The van der Waals surface area contributed by atoms with Crippen molar-refractivity contribution in [1.29, 1.82) is 0 Å². The Morgan fingerprint density at radius 2 is 2.55 bits per heavy atom. The number of hydrogen-bond acceptors (Lipinski definition) is 3. The van der Waals surface area contributed by atoms with Crippen molar-refractivity contribution in [3.63, 3.8) is 0 Å². The van der Waals surface area contributed by atoms with E-state index in [0.717, 1.165) is 0 Å². The largest absolute Gasteiger partial charge is 0.497 e. The molecule has 0 saturated heterocycles. The lowest BCUT2D eigenvalue weighted by Crippen LogP contribution is -1.97. The van der Waals surface area contributed by atoms with Gasteiger partial charge in [-0.1, -0.05) is 6.08 Å². The van der Waals surface area contributed by atoms with Crippen LogP contribution in [0.4, 0.5) is 0 Å². The summed E-state index contributed by atoms with van der Waals surface area (Å²) in [6.07, 6.45) is 2.17. The number of ether oxygens (including phenoxy) is 2. The third kappa shape index (κ3) is 1.42. The van der Waals surface area contributed by atoms with Gasteiger partial charge in [0, 0.05) is 6.42 Å². The van der Waals surface area contributed by atoms with E-state index in [9.17, 15) is 4.79 Å². The van der Waals surface area contributed by atoms with E-state index < -0.39 is 0 Å². The number of cyclic esters (lactones) is 1. The molecule has 11 heavy (non-hydrogen) atoms. The first-order valence-electron chi connectivity index (χ1n) is 3.33. The van der Waals surface area contributed by atoms with Gasteiger partial charge in [0.1, 0.15) is 12.4 Å². The number of carbonyl (C=O) groups excluding carboxylic acids is 1. The molecule has 1 aliphatic heterocycles. The fourth-order valence-electron chi connectivity index (χ4n) is 0.943. The summed E-state index contributed by atoms with van der Waals surface area (Å²) in [6, 6.07) is 0. The van der Waals surface area contributed by atoms with Crippen LogP contribution in [0.25, 0.3) is 0 Å². The first-order chi connectivity index (χ1) is 5.29. The molecule has 0 fully saturated rings. The van der Waals surface area contributed by atoms with E-state index in [1.54, 1.807) is 6.08 Å². The fourth-order valence-corrected chi connectivity index (χ4v) is 0.943. The van der Waals surface area contributed by atoms with Crippen molar-refractivity contribution in [3.05, 3.63) is 24.0 Å². The summed E-state index contributed by atoms with van der Waals surface area (Å²) in [6.45, 7) is 3.79. The number of carbonyl (C=O) groups is 1. The van der Waals surface area contributed by atoms with Gasteiger partial charge in [0.15, 0.2) is 0 Å². The van der Waals surface area contributed by atoms with Crippen LogP contribution < -0.4 is 0 Å². The van der Waals surface area contributed by atoms with E-state index in [4.69, 9.17) is 9.47 Å². The summed E-state index contributed by atoms with van der Waals surface area (Å²) in [5.41, 5.74) is 0.586. The van der Waals surface area contributed by atoms with Crippen LogP contribution in [0.1, 0.15) is 6.42 Å². The summed E-state index contributed by atoms with van der Waals surface area (Å²) in [7, 11) is 1.53. The topological polar surface area (TPSA) is 35.5 Å². The zero-order chi connectivity index (χ0) is 8.27. The van der Waals surface area contributed by atoms with Gasteiger partial charge in [0.05, 0.1) is 12.7 Å². The lowest BCUT2D eigenvalue weighted by atomic mass is 10.2. The Balaban J connectivity index is 2.80. The van der Waals surface area contributed by atoms with Crippen LogP contribution in [0.5, 0.6) is 0 Å². The maximum Gasteiger partial charge on any atom is 0.338 e. The maximum absolute atomic E-state index is 10.9. The smallest absolute Gasteiger partial charge is 0.338 e. The zero-order valence-electron chi connectivity index (χ0n) is 6.42. The van der Waals surface area contributed by atoms with Gasteiger partial charge in [-0.15, -0.1) is 6.58 Å². The molecule has 0 aromatic heterocycles. The predicted octanol–water partition coefficient (Wildman–Crippen LogP) is 1.02. The average Bonchev–Trinajstić information content (AvgIpc) is 2.34. The predicted molar refractivity (Wildman–Crippen MR) is 39.8 cm³/mol. The van der Waals surface area contributed by atoms with E-state index in [1.807, 2.05) is 0 Å². The van der Waals surface area contributed by atoms with Crippen LogP contribution in [-0.2, 0) is 14.3 Å². The van der Waals surface area contributed by atoms with Gasteiger partial charge < -0.3 is 9.47 Å². The van der Waals surface area contributed by atoms with Crippen LogP contribution in [0.3, 0.4) is 0 Å².